The molecule has 0 unspecified atom stereocenters. The lowest BCUT2D eigenvalue weighted by molar-refractivity contribution is 1.49. The maximum absolute atomic E-state index is 4.72. The first-order valence-electron chi connectivity index (χ1n) is 6.85. The van der Waals surface area contributed by atoms with Gasteiger partial charge in [-0.15, -0.1) is 0 Å². The molecule has 0 aliphatic carbocycles. The van der Waals surface area contributed by atoms with Crippen LogP contribution in [0.15, 0.2) is 77.3 Å². The summed E-state index contributed by atoms with van der Waals surface area (Å²) in [7, 11) is 0. The van der Waals surface area contributed by atoms with E-state index < -0.39 is 0 Å². The van der Waals surface area contributed by atoms with Crippen LogP contribution in [0.2, 0.25) is 0 Å². The lowest BCUT2D eigenvalue weighted by atomic mass is 10.0. The van der Waals surface area contributed by atoms with Gasteiger partial charge >= 0.3 is 0 Å². The normalized spacial score (nSPS) is 11.1. The second-order valence-corrected chi connectivity index (χ2v) is 6.01. The first-order chi connectivity index (χ1) is 10.3. The SMILES string of the molecule is Brc1ccc(-c2ccc3nc4ccccc4cc3c2)cc1. The van der Waals surface area contributed by atoms with Gasteiger partial charge in [0.2, 0.25) is 0 Å². The van der Waals surface area contributed by atoms with Crippen LogP contribution in [0.25, 0.3) is 32.9 Å². The van der Waals surface area contributed by atoms with E-state index >= 15 is 0 Å². The van der Waals surface area contributed by atoms with Crippen molar-refractivity contribution in [1.82, 2.24) is 4.98 Å². The fourth-order valence-corrected chi connectivity index (χ4v) is 2.87. The average Bonchev–Trinajstić information content (AvgIpc) is 2.53. The van der Waals surface area contributed by atoms with E-state index in [1.165, 1.54) is 21.9 Å². The van der Waals surface area contributed by atoms with E-state index in [0.717, 1.165) is 15.5 Å². The molecule has 1 aromatic heterocycles. The van der Waals surface area contributed by atoms with Crippen molar-refractivity contribution in [1.29, 1.82) is 0 Å². The van der Waals surface area contributed by atoms with Gasteiger partial charge in [-0.3, -0.25) is 0 Å². The second-order valence-electron chi connectivity index (χ2n) is 5.10. The summed E-state index contributed by atoms with van der Waals surface area (Å²) < 4.78 is 1.10. The highest BCUT2D eigenvalue weighted by atomic mass is 79.9. The molecule has 0 atom stereocenters. The zero-order chi connectivity index (χ0) is 14.2. The molecule has 0 aliphatic heterocycles. The molecule has 100 valence electrons. The number of hydrogen-bond donors (Lipinski definition) is 0. The van der Waals surface area contributed by atoms with Crippen molar-refractivity contribution in [2.24, 2.45) is 0 Å². The first kappa shape index (κ1) is 12.5. The van der Waals surface area contributed by atoms with E-state index in [0.29, 0.717) is 0 Å². The Labute approximate surface area is 131 Å². The van der Waals surface area contributed by atoms with Gasteiger partial charge in [0, 0.05) is 15.2 Å². The Morgan fingerprint density at radius 2 is 1.33 bits per heavy atom. The topological polar surface area (TPSA) is 12.9 Å². The third kappa shape index (κ3) is 2.32. The van der Waals surface area contributed by atoms with Crippen LogP contribution in [0.3, 0.4) is 0 Å². The van der Waals surface area contributed by atoms with Crippen molar-refractivity contribution >= 4 is 37.7 Å². The number of benzene rings is 3. The highest BCUT2D eigenvalue weighted by Gasteiger charge is 2.03. The summed E-state index contributed by atoms with van der Waals surface area (Å²) in [5, 5.41) is 2.35. The van der Waals surface area contributed by atoms with Gasteiger partial charge in [0.05, 0.1) is 11.0 Å². The Balaban J connectivity index is 1.92. The molecule has 1 nitrogen and oxygen atoms in total. The quantitative estimate of drug-likeness (QED) is 0.400. The molecule has 0 bridgehead atoms. The Bertz CT molecular complexity index is 942. The van der Waals surface area contributed by atoms with Crippen molar-refractivity contribution in [3.8, 4) is 11.1 Å². The smallest absolute Gasteiger partial charge is 0.0710 e. The Hall–Kier alpha value is -2.19. The zero-order valence-corrected chi connectivity index (χ0v) is 12.8. The molecule has 1 heterocycles. The minimum atomic E-state index is 1.04. The number of nitrogens with zero attached hydrogens (tertiary/aromatic N) is 1. The monoisotopic (exact) mass is 333 g/mol. The molecular weight excluding hydrogens is 322 g/mol. The van der Waals surface area contributed by atoms with Crippen LogP contribution in [-0.2, 0) is 0 Å². The van der Waals surface area contributed by atoms with Gasteiger partial charge in [0.15, 0.2) is 0 Å². The molecule has 0 saturated carbocycles. The molecule has 2 heteroatoms. The van der Waals surface area contributed by atoms with E-state index in [4.69, 9.17) is 4.98 Å². The van der Waals surface area contributed by atoms with E-state index in [9.17, 15) is 0 Å². The standard InChI is InChI=1S/C19H12BrN/c20-17-8-5-13(6-9-17)14-7-10-19-16(11-14)12-15-3-1-2-4-18(15)21-19/h1-12H. The summed E-state index contributed by atoms with van der Waals surface area (Å²) in [6.07, 6.45) is 0. The Kier molecular flexibility index (Phi) is 2.97. The van der Waals surface area contributed by atoms with Crippen molar-refractivity contribution in [3.05, 3.63) is 77.3 Å². The van der Waals surface area contributed by atoms with Crippen molar-refractivity contribution < 1.29 is 0 Å². The maximum Gasteiger partial charge on any atom is 0.0710 e. The molecule has 0 amide bonds. The summed E-state index contributed by atoms with van der Waals surface area (Å²) in [5.41, 5.74) is 4.51. The van der Waals surface area contributed by atoms with Crippen LogP contribution < -0.4 is 0 Å². The molecule has 0 fully saturated rings. The largest absolute Gasteiger partial charge is 0.248 e. The van der Waals surface area contributed by atoms with Crippen molar-refractivity contribution in [2.75, 3.05) is 0 Å². The van der Waals surface area contributed by atoms with Gasteiger partial charge < -0.3 is 0 Å². The summed E-state index contributed by atoms with van der Waals surface area (Å²) in [5.74, 6) is 0. The van der Waals surface area contributed by atoms with Gasteiger partial charge in [-0.25, -0.2) is 4.98 Å². The summed E-state index contributed by atoms with van der Waals surface area (Å²) in [4.78, 5) is 4.72. The summed E-state index contributed by atoms with van der Waals surface area (Å²) in [6.45, 7) is 0. The number of fused-ring (bicyclic) bond motifs is 2. The van der Waals surface area contributed by atoms with Gasteiger partial charge in [-0.05, 0) is 47.5 Å². The van der Waals surface area contributed by atoms with Crippen LogP contribution >= 0.6 is 15.9 Å². The lowest BCUT2D eigenvalue weighted by Crippen LogP contribution is -1.84. The molecule has 21 heavy (non-hydrogen) atoms. The van der Waals surface area contributed by atoms with Gasteiger partial charge in [-0.2, -0.15) is 0 Å². The number of halogens is 1. The summed E-state index contributed by atoms with van der Waals surface area (Å²) >= 11 is 3.47. The Morgan fingerprint density at radius 3 is 2.19 bits per heavy atom. The third-order valence-corrected chi connectivity index (χ3v) is 4.22. The molecule has 0 radical (unpaired) electrons. The fraction of sp³-hybridized carbons (Fsp3) is 0. The van der Waals surface area contributed by atoms with Gasteiger partial charge in [-0.1, -0.05) is 52.3 Å². The average molecular weight is 334 g/mol. The maximum atomic E-state index is 4.72. The lowest BCUT2D eigenvalue weighted by Gasteiger charge is -2.06. The predicted molar refractivity (Wildman–Crippen MR) is 92.4 cm³/mol. The molecule has 0 saturated heterocycles. The van der Waals surface area contributed by atoms with Crippen molar-refractivity contribution in [3.63, 3.8) is 0 Å². The minimum absolute atomic E-state index is 1.04. The number of pyridine rings is 1. The third-order valence-electron chi connectivity index (χ3n) is 3.69. The Morgan fingerprint density at radius 1 is 0.619 bits per heavy atom. The number of para-hydroxylation sites is 1. The van der Waals surface area contributed by atoms with Crippen molar-refractivity contribution in [2.45, 2.75) is 0 Å². The van der Waals surface area contributed by atoms with Crippen LogP contribution in [0, 0.1) is 0 Å². The second kappa shape index (κ2) is 4.97. The minimum Gasteiger partial charge on any atom is -0.248 e. The van der Waals surface area contributed by atoms with Gasteiger partial charge in [0.1, 0.15) is 0 Å². The highest BCUT2D eigenvalue weighted by molar-refractivity contribution is 9.10. The molecule has 0 N–H and O–H groups in total. The molecule has 4 rings (SSSR count). The highest BCUT2D eigenvalue weighted by Crippen LogP contribution is 2.27. The molecular formula is C19H12BrN. The van der Waals surface area contributed by atoms with E-state index in [1.54, 1.807) is 0 Å². The van der Waals surface area contributed by atoms with Crippen LogP contribution in [0.1, 0.15) is 0 Å². The molecule has 4 aromatic rings. The number of hydrogen-bond acceptors (Lipinski definition) is 1. The molecule has 3 aromatic carbocycles. The van der Waals surface area contributed by atoms with E-state index in [-0.39, 0.29) is 0 Å². The predicted octanol–water partition coefficient (Wildman–Crippen LogP) is 5.82. The molecule has 0 spiro atoms. The van der Waals surface area contributed by atoms with Gasteiger partial charge in [0.25, 0.3) is 0 Å². The van der Waals surface area contributed by atoms with E-state index in [1.807, 2.05) is 6.07 Å². The zero-order valence-electron chi connectivity index (χ0n) is 11.3. The fourth-order valence-electron chi connectivity index (χ4n) is 2.60. The first-order valence-corrected chi connectivity index (χ1v) is 7.64. The van der Waals surface area contributed by atoms with Crippen LogP contribution in [0.5, 0.6) is 0 Å². The van der Waals surface area contributed by atoms with Crippen LogP contribution in [0.4, 0.5) is 0 Å². The number of aromatic nitrogens is 1. The summed E-state index contributed by atoms with van der Waals surface area (Å²) in [6, 6.07) is 25.3. The molecule has 0 aliphatic rings. The van der Waals surface area contributed by atoms with Crippen LogP contribution in [-0.4, -0.2) is 4.98 Å². The number of rotatable bonds is 1. The van der Waals surface area contributed by atoms with E-state index in [2.05, 4.69) is 82.7 Å².